The van der Waals surface area contributed by atoms with E-state index in [1.54, 1.807) is 13.8 Å². The number of carboxylic acids is 1. The van der Waals surface area contributed by atoms with Crippen molar-refractivity contribution in [1.29, 1.82) is 0 Å². The molecule has 0 saturated heterocycles. The summed E-state index contributed by atoms with van der Waals surface area (Å²) in [6.07, 6.45) is 3.94. The van der Waals surface area contributed by atoms with Crippen LogP contribution in [-0.2, 0) is 19.4 Å². The van der Waals surface area contributed by atoms with Gasteiger partial charge in [-0.3, -0.25) is 9.59 Å². The van der Waals surface area contributed by atoms with Crippen molar-refractivity contribution < 1.29 is 23.1 Å². The molecule has 2 N–H and O–H groups in total. The van der Waals surface area contributed by atoms with Crippen LogP contribution in [0.15, 0.2) is 0 Å². The first-order valence-corrected chi connectivity index (χ1v) is 9.04. The van der Waals surface area contributed by atoms with Crippen LogP contribution in [0.4, 0.5) is 0 Å². The molecule has 0 aromatic carbocycles. The quantitative estimate of drug-likeness (QED) is 0.769. The summed E-state index contributed by atoms with van der Waals surface area (Å²) in [6.45, 7) is 4.68. The Labute approximate surface area is 126 Å². The van der Waals surface area contributed by atoms with Gasteiger partial charge in [0.05, 0.1) is 5.25 Å². The summed E-state index contributed by atoms with van der Waals surface area (Å²) in [5, 5.41) is 9.47. The van der Waals surface area contributed by atoms with Crippen LogP contribution in [-0.4, -0.2) is 41.9 Å². The fourth-order valence-electron chi connectivity index (χ4n) is 2.79. The maximum atomic E-state index is 12.7. The maximum absolute atomic E-state index is 12.7. The minimum absolute atomic E-state index is 0.391. The number of hydrogen-bond donors (Lipinski definition) is 2. The van der Waals surface area contributed by atoms with Crippen LogP contribution < -0.4 is 5.32 Å². The van der Waals surface area contributed by atoms with Gasteiger partial charge in [-0.15, -0.1) is 0 Å². The van der Waals surface area contributed by atoms with Crippen molar-refractivity contribution in [1.82, 2.24) is 5.32 Å². The van der Waals surface area contributed by atoms with Gasteiger partial charge in [-0.2, -0.15) is 0 Å². The van der Waals surface area contributed by atoms with Crippen molar-refractivity contribution in [2.24, 2.45) is 5.92 Å². The van der Waals surface area contributed by atoms with Gasteiger partial charge in [-0.1, -0.05) is 33.1 Å². The molecule has 1 aliphatic rings. The largest absolute Gasteiger partial charge is 0.480 e. The number of nitrogens with one attached hydrogen (secondary N) is 1. The molecule has 1 amide bonds. The predicted molar refractivity (Wildman–Crippen MR) is 79.7 cm³/mol. The molecule has 1 unspecified atom stereocenters. The maximum Gasteiger partial charge on any atom is 0.325 e. The van der Waals surface area contributed by atoms with Gasteiger partial charge < -0.3 is 10.4 Å². The number of aliphatic carboxylic acids is 1. The molecular weight excluding hydrogens is 294 g/mol. The van der Waals surface area contributed by atoms with Crippen molar-refractivity contribution in [2.75, 3.05) is 0 Å². The van der Waals surface area contributed by atoms with Crippen LogP contribution in [0, 0.1) is 5.92 Å². The molecular formula is C14H25NO5S. The lowest BCUT2D eigenvalue weighted by molar-refractivity contribution is -0.141. The van der Waals surface area contributed by atoms with E-state index in [9.17, 15) is 18.0 Å². The number of carbonyl (C=O) groups is 2. The highest BCUT2D eigenvalue weighted by Gasteiger charge is 2.41. The molecule has 0 bridgehead atoms. The highest BCUT2D eigenvalue weighted by molar-refractivity contribution is 7.93. The number of sulfone groups is 1. The van der Waals surface area contributed by atoms with E-state index in [0.717, 1.165) is 19.3 Å². The Morgan fingerprint density at radius 1 is 1.10 bits per heavy atom. The van der Waals surface area contributed by atoms with Gasteiger partial charge in [0.1, 0.15) is 11.3 Å². The summed E-state index contributed by atoms with van der Waals surface area (Å²) in [6, 6.07) is -1.10. The second-order valence-electron chi connectivity index (χ2n) is 6.08. The van der Waals surface area contributed by atoms with Crippen LogP contribution in [0.3, 0.4) is 0 Å². The standard InChI is InChI=1S/C14H25NO5S/c1-9(2)12(13(16)15-10(3)14(17)18)21(19,20)11-7-5-4-6-8-11/h9-12H,4-8H2,1-3H3,(H,15,16)(H,17,18)/t10-,12?/m0/s1. The summed E-state index contributed by atoms with van der Waals surface area (Å²) in [4.78, 5) is 23.0. The van der Waals surface area contributed by atoms with Crippen molar-refractivity contribution in [3.05, 3.63) is 0 Å². The average Bonchev–Trinajstić information content (AvgIpc) is 2.38. The third-order valence-electron chi connectivity index (χ3n) is 3.96. The lowest BCUT2D eigenvalue weighted by atomic mass is 10.0. The first-order valence-electron chi connectivity index (χ1n) is 7.43. The monoisotopic (exact) mass is 319 g/mol. The normalized spacial score (nSPS) is 20.0. The Bertz CT molecular complexity index is 480. The lowest BCUT2D eigenvalue weighted by Crippen LogP contribution is -2.51. The molecule has 21 heavy (non-hydrogen) atoms. The molecule has 1 saturated carbocycles. The van der Waals surface area contributed by atoms with Crippen LogP contribution in [0.25, 0.3) is 0 Å². The first-order chi connectivity index (χ1) is 9.67. The second-order valence-corrected chi connectivity index (χ2v) is 8.43. The van der Waals surface area contributed by atoms with Gasteiger partial charge in [-0.05, 0) is 25.7 Å². The Morgan fingerprint density at radius 3 is 2.05 bits per heavy atom. The molecule has 1 rings (SSSR count). The number of hydrogen-bond acceptors (Lipinski definition) is 4. The Balaban J connectivity index is 2.94. The number of rotatable bonds is 6. The van der Waals surface area contributed by atoms with Gasteiger partial charge in [0, 0.05) is 0 Å². The Morgan fingerprint density at radius 2 is 1.62 bits per heavy atom. The van der Waals surface area contributed by atoms with Crippen LogP contribution in [0.5, 0.6) is 0 Å². The topological polar surface area (TPSA) is 101 Å². The fraction of sp³-hybridized carbons (Fsp3) is 0.857. The highest BCUT2D eigenvalue weighted by Crippen LogP contribution is 2.29. The van der Waals surface area contributed by atoms with E-state index in [-0.39, 0.29) is 0 Å². The lowest BCUT2D eigenvalue weighted by Gasteiger charge is -2.29. The third-order valence-corrected chi connectivity index (χ3v) is 6.83. The molecule has 6 nitrogen and oxygen atoms in total. The summed E-state index contributed by atoms with van der Waals surface area (Å²) < 4.78 is 25.4. The first kappa shape index (κ1) is 17.9. The summed E-state index contributed by atoms with van der Waals surface area (Å²) in [7, 11) is -3.60. The summed E-state index contributed by atoms with van der Waals surface area (Å²) >= 11 is 0. The van der Waals surface area contributed by atoms with E-state index in [0.29, 0.717) is 12.8 Å². The van der Waals surface area contributed by atoms with E-state index in [1.165, 1.54) is 6.92 Å². The zero-order valence-electron chi connectivity index (χ0n) is 12.8. The van der Waals surface area contributed by atoms with Crippen molar-refractivity contribution >= 4 is 21.7 Å². The molecule has 1 fully saturated rings. The van der Waals surface area contributed by atoms with Crippen molar-refractivity contribution in [2.45, 2.75) is 69.4 Å². The Hall–Kier alpha value is -1.11. The molecule has 0 heterocycles. The molecule has 0 aromatic heterocycles. The van der Waals surface area contributed by atoms with Gasteiger partial charge in [0.25, 0.3) is 0 Å². The SMILES string of the molecule is CC(C)C(C(=O)N[C@@H](C)C(=O)O)S(=O)(=O)C1CCCCC1. The zero-order chi connectivity index (χ0) is 16.2. The molecule has 7 heteroatoms. The molecule has 1 aliphatic carbocycles. The minimum atomic E-state index is -3.60. The smallest absolute Gasteiger partial charge is 0.325 e. The van der Waals surface area contributed by atoms with E-state index in [1.807, 2.05) is 0 Å². The van der Waals surface area contributed by atoms with E-state index >= 15 is 0 Å². The number of carbonyl (C=O) groups excluding carboxylic acids is 1. The van der Waals surface area contributed by atoms with Crippen LogP contribution in [0.1, 0.15) is 52.9 Å². The van der Waals surface area contributed by atoms with Gasteiger partial charge in [-0.25, -0.2) is 8.42 Å². The van der Waals surface area contributed by atoms with E-state index in [2.05, 4.69) is 5.32 Å². The number of amides is 1. The molecule has 122 valence electrons. The molecule has 2 atom stereocenters. The fourth-order valence-corrected chi connectivity index (χ4v) is 5.32. The third kappa shape index (κ3) is 4.43. The predicted octanol–water partition coefficient (Wildman–Crippen LogP) is 1.35. The van der Waals surface area contributed by atoms with Crippen LogP contribution in [0.2, 0.25) is 0 Å². The molecule has 0 spiro atoms. The van der Waals surface area contributed by atoms with Crippen molar-refractivity contribution in [3.8, 4) is 0 Å². The Kier molecular flexibility index (Phi) is 6.19. The van der Waals surface area contributed by atoms with Gasteiger partial charge >= 0.3 is 5.97 Å². The second kappa shape index (κ2) is 7.24. The molecule has 0 radical (unpaired) electrons. The molecule has 0 aromatic rings. The van der Waals surface area contributed by atoms with Gasteiger partial charge in [0.2, 0.25) is 5.91 Å². The van der Waals surface area contributed by atoms with Gasteiger partial charge in [0.15, 0.2) is 9.84 Å². The summed E-state index contributed by atoms with van der Waals surface area (Å²) in [5.74, 6) is -2.27. The van der Waals surface area contributed by atoms with E-state index < -0.39 is 44.2 Å². The molecule has 0 aliphatic heterocycles. The average molecular weight is 319 g/mol. The van der Waals surface area contributed by atoms with Crippen molar-refractivity contribution in [3.63, 3.8) is 0 Å². The zero-order valence-corrected chi connectivity index (χ0v) is 13.6. The minimum Gasteiger partial charge on any atom is -0.480 e. The highest BCUT2D eigenvalue weighted by atomic mass is 32.2. The van der Waals surface area contributed by atoms with E-state index in [4.69, 9.17) is 5.11 Å². The van der Waals surface area contributed by atoms with Crippen LogP contribution >= 0.6 is 0 Å². The summed E-state index contributed by atoms with van der Waals surface area (Å²) in [5.41, 5.74) is 0. The number of carboxylic acid groups (broad SMARTS) is 1.